The van der Waals surface area contributed by atoms with Crippen molar-refractivity contribution in [2.24, 2.45) is 11.8 Å². The second kappa shape index (κ2) is 5.56. The Bertz CT molecular complexity index is 400. The number of hydrogen-bond acceptors (Lipinski definition) is 2. The quantitative estimate of drug-likeness (QED) is 0.782. The van der Waals surface area contributed by atoms with Gasteiger partial charge in [-0.05, 0) is 62.0 Å². The zero-order valence-electron chi connectivity index (χ0n) is 11.2. The molecule has 2 heteroatoms. The highest BCUT2D eigenvalue weighted by molar-refractivity contribution is 7.98. The van der Waals surface area contributed by atoms with E-state index in [1.165, 1.54) is 49.1 Å². The van der Waals surface area contributed by atoms with Crippen LogP contribution >= 0.6 is 11.8 Å². The average Bonchev–Trinajstić information content (AvgIpc) is 3.24. The molecule has 3 rings (SSSR count). The van der Waals surface area contributed by atoms with Crippen LogP contribution in [0.3, 0.4) is 0 Å². The van der Waals surface area contributed by atoms with E-state index < -0.39 is 0 Å². The van der Waals surface area contributed by atoms with Crippen LogP contribution in [0.25, 0.3) is 0 Å². The van der Waals surface area contributed by atoms with Gasteiger partial charge in [-0.1, -0.05) is 18.9 Å². The van der Waals surface area contributed by atoms with E-state index in [0.29, 0.717) is 6.04 Å². The van der Waals surface area contributed by atoms with Gasteiger partial charge in [0, 0.05) is 16.6 Å². The summed E-state index contributed by atoms with van der Waals surface area (Å²) in [7, 11) is 0. The predicted octanol–water partition coefficient (Wildman–Crippen LogP) is 4.79. The molecule has 0 saturated heterocycles. The van der Waals surface area contributed by atoms with E-state index in [4.69, 9.17) is 0 Å². The molecule has 98 valence electrons. The molecule has 2 atom stereocenters. The predicted molar refractivity (Wildman–Crippen MR) is 80.3 cm³/mol. The standard InChI is InChI=1S/C16H23NS/c1-18-16-7-3-6-15(11-16)17-14-5-2-4-13(10-14)12-8-9-12/h3,6-7,11-14,17H,2,4-5,8-10H2,1H3. The van der Waals surface area contributed by atoms with Crippen LogP contribution in [0.4, 0.5) is 5.69 Å². The molecule has 0 bridgehead atoms. The second-order valence-corrected chi connectivity index (χ2v) is 6.72. The summed E-state index contributed by atoms with van der Waals surface area (Å²) < 4.78 is 0. The van der Waals surface area contributed by atoms with Crippen LogP contribution in [-0.2, 0) is 0 Å². The van der Waals surface area contributed by atoms with Crippen molar-refractivity contribution in [1.82, 2.24) is 0 Å². The average molecular weight is 261 g/mol. The van der Waals surface area contributed by atoms with Crippen LogP contribution in [0.2, 0.25) is 0 Å². The Balaban J connectivity index is 1.60. The maximum absolute atomic E-state index is 3.75. The van der Waals surface area contributed by atoms with E-state index >= 15 is 0 Å². The van der Waals surface area contributed by atoms with Gasteiger partial charge in [0.1, 0.15) is 0 Å². The first kappa shape index (κ1) is 12.4. The highest BCUT2D eigenvalue weighted by Gasteiger charge is 2.34. The lowest BCUT2D eigenvalue weighted by Crippen LogP contribution is -2.28. The van der Waals surface area contributed by atoms with Gasteiger partial charge >= 0.3 is 0 Å². The van der Waals surface area contributed by atoms with Crippen molar-refractivity contribution < 1.29 is 0 Å². The molecule has 0 radical (unpaired) electrons. The number of thioether (sulfide) groups is 1. The molecule has 2 unspecified atom stereocenters. The Labute approximate surface area is 115 Å². The number of rotatable bonds is 4. The minimum Gasteiger partial charge on any atom is -0.382 e. The zero-order chi connectivity index (χ0) is 12.4. The van der Waals surface area contributed by atoms with Gasteiger partial charge < -0.3 is 5.32 Å². The van der Waals surface area contributed by atoms with Gasteiger partial charge in [-0.2, -0.15) is 0 Å². The van der Waals surface area contributed by atoms with E-state index in [2.05, 4.69) is 35.8 Å². The summed E-state index contributed by atoms with van der Waals surface area (Å²) in [5, 5.41) is 3.75. The van der Waals surface area contributed by atoms with Crippen molar-refractivity contribution in [3.63, 3.8) is 0 Å². The van der Waals surface area contributed by atoms with Gasteiger partial charge in [0.15, 0.2) is 0 Å². The molecule has 1 aromatic carbocycles. The first-order valence-electron chi connectivity index (χ1n) is 7.26. The fraction of sp³-hybridized carbons (Fsp3) is 0.625. The number of hydrogen-bond donors (Lipinski definition) is 1. The molecule has 18 heavy (non-hydrogen) atoms. The van der Waals surface area contributed by atoms with Gasteiger partial charge in [0.05, 0.1) is 0 Å². The van der Waals surface area contributed by atoms with Gasteiger partial charge in [0.25, 0.3) is 0 Å². The summed E-state index contributed by atoms with van der Waals surface area (Å²) >= 11 is 1.82. The molecule has 2 aliphatic carbocycles. The maximum Gasteiger partial charge on any atom is 0.0353 e. The Morgan fingerprint density at radius 3 is 2.78 bits per heavy atom. The summed E-state index contributed by atoms with van der Waals surface area (Å²) in [4.78, 5) is 1.36. The monoisotopic (exact) mass is 261 g/mol. The Kier molecular flexibility index (Phi) is 3.83. The minimum absolute atomic E-state index is 0.710. The second-order valence-electron chi connectivity index (χ2n) is 5.84. The van der Waals surface area contributed by atoms with Crippen molar-refractivity contribution >= 4 is 17.4 Å². The van der Waals surface area contributed by atoms with Gasteiger partial charge in [-0.15, -0.1) is 11.8 Å². The van der Waals surface area contributed by atoms with Gasteiger partial charge in [-0.25, -0.2) is 0 Å². The number of nitrogens with one attached hydrogen (secondary N) is 1. The summed E-state index contributed by atoms with van der Waals surface area (Å²) in [5.74, 6) is 2.09. The van der Waals surface area contributed by atoms with Crippen molar-refractivity contribution in [1.29, 1.82) is 0 Å². The third-order valence-corrected chi connectivity index (χ3v) is 5.17. The SMILES string of the molecule is CSc1cccc(NC2CCCC(C3CC3)C2)c1. The molecule has 1 aromatic rings. The third-order valence-electron chi connectivity index (χ3n) is 4.44. The molecule has 0 aliphatic heterocycles. The van der Waals surface area contributed by atoms with Crippen LogP contribution < -0.4 is 5.32 Å². The summed E-state index contributed by atoms with van der Waals surface area (Å²) in [6.45, 7) is 0. The fourth-order valence-corrected chi connectivity index (χ4v) is 3.76. The first-order chi connectivity index (χ1) is 8.85. The zero-order valence-corrected chi connectivity index (χ0v) is 12.0. The molecule has 0 aromatic heterocycles. The molecule has 2 fully saturated rings. The minimum atomic E-state index is 0.710. The van der Waals surface area contributed by atoms with E-state index in [-0.39, 0.29) is 0 Å². The van der Waals surface area contributed by atoms with Crippen LogP contribution in [0.1, 0.15) is 38.5 Å². The van der Waals surface area contributed by atoms with Crippen molar-refractivity contribution in [3.05, 3.63) is 24.3 Å². The Hall–Kier alpha value is -0.630. The molecular weight excluding hydrogens is 238 g/mol. The van der Waals surface area contributed by atoms with Crippen LogP contribution in [0, 0.1) is 11.8 Å². The third kappa shape index (κ3) is 3.03. The van der Waals surface area contributed by atoms with E-state index in [0.717, 1.165) is 11.8 Å². The van der Waals surface area contributed by atoms with Crippen LogP contribution in [0.15, 0.2) is 29.2 Å². The lowest BCUT2D eigenvalue weighted by molar-refractivity contribution is 0.303. The maximum atomic E-state index is 3.75. The largest absolute Gasteiger partial charge is 0.382 e. The van der Waals surface area contributed by atoms with Crippen molar-refractivity contribution in [3.8, 4) is 0 Å². The van der Waals surface area contributed by atoms with Crippen LogP contribution in [-0.4, -0.2) is 12.3 Å². The Morgan fingerprint density at radius 1 is 1.11 bits per heavy atom. The summed E-state index contributed by atoms with van der Waals surface area (Å²) in [5.41, 5.74) is 1.31. The normalized spacial score (nSPS) is 28.1. The molecule has 2 aliphatic rings. The molecule has 1 N–H and O–H groups in total. The van der Waals surface area contributed by atoms with Crippen LogP contribution in [0.5, 0.6) is 0 Å². The molecular formula is C16H23NS. The highest BCUT2D eigenvalue weighted by atomic mass is 32.2. The summed E-state index contributed by atoms with van der Waals surface area (Å²) in [6, 6.07) is 9.55. The highest BCUT2D eigenvalue weighted by Crippen LogP contribution is 2.44. The van der Waals surface area contributed by atoms with E-state index in [1.807, 2.05) is 11.8 Å². The van der Waals surface area contributed by atoms with Crippen molar-refractivity contribution in [2.75, 3.05) is 11.6 Å². The molecule has 0 amide bonds. The number of benzene rings is 1. The molecule has 0 spiro atoms. The molecule has 0 heterocycles. The van der Waals surface area contributed by atoms with Gasteiger partial charge in [-0.3, -0.25) is 0 Å². The Morgan fingerprint density at radius 2 is 2.00 bits per heavy atom. The molecule has 2 saturated carbocycles. The van der Waals surface area contributed by atoms with E-state index in [9.17, 15) is 0 Å². The summed E-state index contributed by atoms with van der Waals surface area (Å²) in [6.07, 6.45) is 10.8. The van der Waals surface area contributed by atoms with E-state index in [1.54, 1.807) is 0 Å². The first-order valence-corrected chi connectivity index (χ1v) is 8.48. The number of anilines is 1. The lowest BCUT2D eigenvalue weighted by Gasteiger charge is -2.30. The smallest absolute Gasteiger partial charge is 0.0353 e. The topological polar surface area (TPSA) is 12.0 Å². The van der Waals surface area contributed by atoms with Crippen molar-refractivity contribution in [2.45, 2.75) is 49.5 Å². The van der Waals surface area contributed by atoms with Gasteiger partial charge in [0.2, 0.25) is 0 Å². The molecule has 1 nitrogen and oxygen atoms in total. The fourth-order valence-electron chi connectivity index (χ4n) is 3.30. The lowest BCUT2D eigenvalue weighted by atomic mass is 9.82.